The number of hydrogen-bond donors (Lipinski definition) is 1. The second-order valence-corrected chi connectivity index (χ2v) is 4.76. The van der Waals surface area contributed by atoms with Crippen molar-refractivity contribution in [3.63, 3.8) is 0 Å². The van der Waals surface area contributed by atoms with Crippen molar-refractivity contribution in [1.29, 1.82) is 0 Å². The molecule has 0 aliphatic heterocycles. The van der Waals surface area contributed by atoms with Gasteiger partial charge in [-0.2, -0.15) is 0 Å². The lowest BCUT2D eigenvalue weighted by Gasteiger charge is -2.01. The van der Waals surface area contributed by atoms with Gasteiger partial charge in [0, 0.05) is 29.4 Å². The van der Waals surface area contributed by atoms with E-state index in [0.29, 0.717) is 28.2 Å². The monoisotopic (exact) mass is 297 g/mol. The van der Waals surface area contributed by atoms with Crippen molar-refractivity contribution < 1.29 is 13.2 Å². The molecule has 108 valence electrons. The molecule has 0 amide bonds. The largest absolute Gasteiger partial charge is 0.463 e. The number of hydrogen-bond acceptors (Lipinski definition) is 3. The number of benzene rings is 1. The minimum atomic E-state index is -0.650. The van der Waals surface area contributed by atoms with Gasteiger partial charge in [0.2, 0.25) is 0 Å². The third kappa shape index (κ3) is 1.96. The fourth-order valence-electron chi connectivity index (χ4n) is 2.39. The normalized spacial score (nSPS) is 11.2. The Morgan fingerprint density at radius 1 is 1.14 bits per heavy atom. The quantitative estimate of drug-likeness (QED) is 0.604. The maximum atomic E-state index is 13.8. The standard InChI is InChI=1S/C16H9F2N3O/c17-9-6-10-11(8-20-15(10)12(18)7-9)16-19-4-3-13(21-16)14-2-1-5-22-14/h1-8,20H. The number of furan rings is 1. The van der Waals surface area contributed by atoms with Crippen LogP contribution in [-0.2, 0) is 0 Å². The van der Waals surface area contributed by atoms with E-state index < -0.39 is 11.6 Å². The van der Waals surface area contributed by atoms with Crippen LogP contribution in [0.4, 0.5) is 8.78 Å². The van der Waals surface area contributed by atoms with Crippen LogP contribution in [0.15, 0.2) is 53.4 Å². The number of rotatable bonds is 2. The predicted octanol–water partition coefficient (Wildman–Crippen LogP) is 4.16. The van der Waals surface area contributed by atoms with Crippen molar-refractivity contribution >= 4 is 10.9 Å². The van der Waals surface area contributed by atoms with Crippen LogP contribution in [0.25, 0.3) is 33.7 Å². The number of aromatic amines is 1. The number of fused-ring (bicyclic) bond motifs is 1. The van der Waals surface area contributed by atoms with E-state index >= 15 is 0 Å². The Hall–Kier alpha value is -3.02. The van der Waals surface area contributed by atoms with Gasteiger partial charge >= 0.3 is 0 Å². The Kier molecular flexibility index (Phi) is 2.75. The summed E-state index contributed by atoms with van der Waals surface area (Å²) in [5.74, 6) is -0.331. The van der Waals surface area contributed by atoms with E-state index in [2.05, 4.69) is 15.0 Å². The lowest BCUT2D eigenvalue weighted by atomic mass is 10.1. The fourth-order valence-corrected chi connectivity index (χ4v) is 2.39. The van der Waals surface area contributed by atoms with Crippen LogP contribution in [0.2, 0.25) is 0 Å². The van der Waals surface area contributed by atoms with Crippen LogP contribution >= 0.6 is 0 Å². The Morgan fingerprint density at radius 2 is 2.05 bits per heavy atom. The van der Waals surface area contributed by atoms with Crippen molar-refractivity contribution in [2.45, 2.75) is 0 Å². The molecule has 0 bridgehead atoms. The average molecular weight is 297 g/mol. The van der Waals surface area contributed by atoms with Crippen molar-refractivity contribution in [2.24, 2.45) is 0 Å². The van der Waals surface area contributed by atoms with Crippen molar-refractivity contribution in [3.05, 3.63) is 60.6 Å². The maximum absolute atomic E-state index is 13.8. The summed E-state index contributed by atoms with van der Waals surface area (Å²) in [6.45, 7) is 0. The second kappa shape index (κ2) is 4.77. The molecule has 0 saturated carbocycles. The summed E-state index contributed by atoms with van der Waals surface area (Å²) in [5.41, 5.74) is 1.35. The van der Waals surface area contributed by atoms with Crippen LogP contribution in [0.1, 0.15) is 0 Å². The molecule has 0 aliphatic rings. The van der Waals surface area contributed by atoms with E-state index in [1.807, 2.05) is 0 Å². The lowest BCUT2D eigenvalue weighted by molar-refractivity contribution is 0.580. The molecular formula is C16H9F2N3O. The number of nitrogens with one attached hydrogen (secondary N) is 1. The van der Waals surface area contributed by atoms with Gasteiger partial charge in [-0.1, -0.05) is 0 Å². The predicted molar refractivity (Wildman–Crippen MR) is 76.9 cm³/mol. The number of aromatic nitrogens is 3. The van der Waals surface area contributed by atoms with E-state index in [1.165, 1.54) is 6.07 Å². The smallest absolute Gasteiger partial charge is 0.162 e. The van der Waals surface area contributed by atoms with Crippen LogP contribution in [0, 0.1) is 11.6 Å². The third-order valence-corrected chi connectivity index (χ3v) is 3.38. The van der Waals surface area contributed by atoms with E-state index in [4.69, 9.17) is 4.42 Å². The highest BCUT2D eigenvalue weighted by molar-refractivity contribution is 5.94. The molecule has 0 unspecified atom stereocenters. The summed E-state index contributed by atoms with van der Waals surface area (Å²) in [5, 5.41) is 0.397. The van der Waals surface area contributed by atoms with Crippen molar-refractivity contribution in [3.8, 4) is 22.8 Å². The number of halogens is 2. The summed E-state index contributed by atoms with van der Waals surface area (Å²) in [6.07, 6.45) is 4.69. The minimum Gasteiger partial charge on any atom is -0.463 e. The van der Waals surface area contributed by atoms with Gasteiger partial charge in [0.05, 0.1) is 11.8 Å². The van der Waals surface area contributed by atoms with E-state index in [0.717, 1.165) is 6.07 Å². The molecule has 0 aliphatic carbocycles. The molecule has 0 spiro atoms. The van der Waals surface area contributed by atoms with Gasteiger partial charge in [0.25, 0.3) is 0 Å². The Bertz CT molecular complexity index is 961. The third-order valence-electron chi connectivity index (χ3n) is 3.38. The molecular weight excluding hydrogens is 288 g/mol. The van der Waals surface area contributed by atoms with E-state index in [-0.39, 0.29) is 5.52 Å². The maximum Gasteiger partial charge on any atom is 0.162 e. The first-order valence-corrected chi connectivity index (χ1v) is 6.56. The molecule has 6 heteroatoms. The van der Waals surface area contributed by atoms with Gasteiger partial charge < -0.3 is 9.40 Å². The highest BCUT2D eigenvalue weighted by Crippen LogP contribution is 2.29. The van der Waals surface area contributed by atoms with Crippen molar-refractivity contribution in [2.75, 3.05) is 0 Å². The van der Waals surface area contributed by atoms with Gasteiger partial charge in [-0.05, 0) is 24.3 Å². The highest BCUT2D eigenvalue weighted by Gasteiger charge is 2.14. The molecule has 1 N–H and O–H groups in total. The molecule has 0 radical (unpaired) electrons. The van der Waals surface area contributed by atoms with E-state index in [9.17, 15) is 8.78 Å². The Morgan fingerprint density at radius 3 is 2.86 bits per heavy atom. The van der Waals surface area contributed by atoms with Crippen LogP contribution in [0.3, 0.4) is 0 Å². The van der Waals surface area contributed by atoms with Gasteiger partial charge in [0.15, 0.2) is 11.6 Å². The van der Waals surface area contributed by atoms with Gasteiger partial charge in [-0.3, -0.25) is 0 Å². The average Bonchev–Trinajstić information content (AvgIpc) is 3.16. The molecule has 0 saturated heterocycles. The minimum absolute atomic E-state index is 0.225. The Labute approximate surface area is 123 Å². The summed E-state index contributed by atoms with van der Waals surface area (Å²) in [7, 11) is 0. The molecule has 22 heavy (non-hydrogen) atoms. The molecule has 3 heterocycles. The number of H-pyrrole nitrogens is 1. The lowest BCUT2D eigenvalue weighted by Crippen LogP contribution is -1.90. The first-order valence-electron chi connectivity index (χ1n) is 6.56. The molecule has 0 atom stereocenters. The first kappa shape index (κ1) is 12.7. The van der Waals surface area contributed by atoms with Crippen LogP contribution in [0.5, 0.6) is 0 Å². The summed E-state index contributed by atoms with van der Waals surface area (Å²) in [4.78, 5) is 11.4. The summed E-state index contributed by atoms with van der Waals surface area (Å²) < 4.78 is 32.5. The number of nitrogens with zero attached hydrogens (tertiary/aromatic N) is 2. The molecule has 3 aromatic heterocycles. The molecule has 0 fully saturated rings. The summed E-state index contributed by atoms with van der Waals surface area (Å²) >= 11 is 0. The second-order valence-electron chi connectivity index (χ2n) is 4.76. The van der Waals surface area contributed by atoms with E-state index in [1.54, 1.807) is 36.9 Å². The summed E-state index contributed by atoms with van der Waals surface area (Å²) in [6, 6.07) is 7.34. The zero-order chi connectivity index (χ0) is 15.1. The van der Waals surface area contributed by atoms with Crippen molar-refractivity contribution in [1.82, 2.24) is 15.0 Å². The zero-order valence-electron chi connectivity index (χ0n) is 11.2. The molecule has 4 aromatic rings. The van der Waals surface area contributed by atoms with Crippen LogP contribution < -0.4 is 0 Å². The fraction of sp³-hybridized carbons (Fsp3) is 0. The van der Waals surface area contributed by atoms with Gasteiger partial charge in [-0.15, -0.1) is 0 Å². The zero-order valence-corrected chi connectivity index (χ0v) is 11.2. The highest BCUT2D eigenvalue weighted by atomic mass is 19.1. The Balaban J connectivity index is 1.91. The van der Waals surface area contributed by atoms with Gasteiger partial charge in [-0.25, -0.2) is 18.7 Å². The molecule has 4 nitrogen and oxygen atoms in total. The molecule has 4 rings (SSSR count). The van der Waals surface area contributed by atoms with Crippen LogP contribution in [-0.4, -0.2) is 15.0 Å². The van der Waals surface area contributed by atoms with Gasteiger partial charge in [0.1, 0.15) is 17.3 Å². The first-order chi connectivity index (χ1) is 10.7. The topological polar surface area (TPSA) is 54.7 Å². The SMILES string of the molecule is Fc1cc(F)c2[nH]cc(-c3nccc(-c4ccco4)n3)c2c1. The molecule has 1 aromatic carbocycles.